The van der Waals surface area contributed by atoms with Crippen molar-refractivity contribution in [1.29, 1.82) is 0 Å². The van der Waals surface area contributed by atoms with Crippen molar-refractivity contribution in [3.8, 4) is 17.9 Å². The highest BCUT2D eigenvalue weighted by molar-refractivity contribution is 9.10. The largest absolute Gasteiger partial charge is 0.461 e. The molecule has 0 radical (unpaired) electrons. The van der Waals surface area contributed by atoms with Crippen LogP contribution >= 0.6 is 15.9 Å². The summed E-state index contributed by atoms with van der Waals surface area (Å²) >= 11 is 3.61. The molecule has 2 atom stereocenters. The Morgan fingerprint density at radius 2 is 2.02 bits per heavy atom. The second-order valence-electron chi connectivity index (χ2n) is 14.0. The van der Waals surface area contributed by atoms with Gasteiger partial charge in [0.05, 0.1) is 51.9 Å². The number of carbonyl (C=O) groups excluding carboxylic acids is 1. The van der Waals surface area contributed by atoms with E-state index in [4.69, 9.17) is 25.2 Å². The van der Waals surface area contributed by atoms with Crippen LogP contribution in [0.1, 0.15) is 82.8 Å². The van der Waals surface area contributed by atoms with Crippen LogP contribution in [0.2, 0.25) is 0 Å². The lowest BCUT2D eigenvalue weighted by atomic mass is 9.91. The van der Waals surface area contributed by atoms with Crippen molar-refractivity contribution in [3.63, 3.8) is 0 Å². The van der Waals surface area contributed by atoms with E-state index in [9.17, 15) is 18.0 Å². The van der Waals surface area contributed by atoms with Crippen LogP contribution in [0.4, 0.5) is 29.1 Å². The average Bonchev–Trinajstić information content (AvgIpc) is 3.66. The van der Waals surface area contributed by atoms with Gasteiger partial charge in [0.2, 0.25) is 0 Å². The summed E-state index contributed by atoms with van der Waals surface area (Å²) in [6, 6.07) is 0.972. The first kappa shape index (κ1) is 36.2. The number of carbonyl (C=O) groups is 1. The zero-order valence-electron chi connectivity index (χ0n) is 29.2. The van der Waals surface area contributed by atoms with E-state index >= 15 is 4.39 Å². The molecule has 0 bridgehead atoms. The summed E-state index contributed by atoms with van der Waals surface area (Å²) in [4.78, 5) is 28.4. The van der Waals surface area contributed by atoms with E-state index in [1.54, 1.807) is 18.8 Å². The van der Waals surface area contributed by atoms with E-state index in [1.165, 1.54) is 11.8 Å². The fourth-order valence-electron chi connectivity index (χ4n) is 7.94. The second-order valence-corrected chi connectivity index (χ2v) is 14.8. The van der Waals surface area contributed by atoms with Crippen LogP contribution in [-0.2, 0) is 37.0 Å². The predicted molar refractivity (Wildman–Crippen MR) is 188 cm³/mol. The Balaban J connectivity index is 1.30. The number of anilines is 2. The number of nitrogens with zero attached hydrogens (tertiary/aromatic N) is 7. The Morgan fingerprint density at radius 3 is 2.75 bits per heavy atom. The third-order valence-electron chi connectivity index (χ3n) is 10.3. The first-order chi connectivity index (χ1) is 24.7. The second kappa shape index (κ2) is 13.7. The average molecular weight is 788 g/mol. The van der Waals surface area contributed by atoms with E-state index in [0.29, 0.717) is 54.2 Å². The number of fused-ring (bicyclic) bond motifs is 3. The third-order valence-corrected chi connectivity index (χ3v) is 11.1. The molecule has 0 spiro atoms. The van der Waals surface area contributed by atoms with Crippen molar-refractivity contribution in [1.82, 2.24) is 29.5 Å². The van der Waals surface area contributed by atoms with Gasteiger partial charge in [-0.1, -0.05) is 18.1 Å². The lowest BCUT2D eigenvalue weighted by molar-refractivity contribution is -0.140. The van der Waals surface area contributed by atoms with Crippen LogP contribution in [0.25, 0.3) is 0 Å². The van der Waals surface area contributed by atoms with Gasteiger partial charge in [-0.25, -0.2) is 4.39 Å². The van der Waals surface area contributed by atoms with Gasteiger partial charge in [0.1, 0.15) is 12.4 Å². The van der Waals surface area contributed by atoms with Crippen molar-refractivity contribution in [3.05, 3.63) is 67.8 Å². The Kier molecular flexibility index (Phi) is 9.50. The van der Waals surface area contributed by atoms with E-state index in [1.807, 2.05) is 4.90 Å². The third kappa shape index (κ3) is 6.40. The number of ether oxygens (including phenoxy) is 2. The molecule has 0 saturated carbocycles. The Labute approximate surface area is 307 Å². The number of halogens is 5. The first-order valence-electron chi connectivity index (χ1n) is 17.1. The summed E-state index contributed by atoms with van der Waals surface area (Å²) in [5.41, 5.74) is 5.97. The van der Waals surface area contributed by atoms with E-state index in [-0.39, 0.29) is 36.2 Å². The lowest BCUT2D eigenvalue weighted by Crippen LogP contribution is -2.43. The summed E-state index contributed by atoms with van der Waals surface area (Å²) in [5.74, 6) is 3.95. The quantitative estimate of drug-likeness (QED) is 0.147. The Bertz CT molecular complexity index is 2020. The molecule has 276 valence electrons. The number of alkyl halides is 3. The SMILES string of the molecule is C=C1CN2CCC[C@@]2(COc2nc3c(c(N4CCCn5nc(C(=O)N(C)C)c(Br)c5C4)n2)CO[C@@H](c2c(F)c(N)cc(C#CC)c2C(F)(F)F)C3)C1. The van der Waals surface area contributed by atoms with Gasteiger partial charge in [-0.15, -0.1) is 5.92 Å². The van der Waals surface area contributed by atoms with E-state index in [2.05, 4.69) is 44.3 Å². The van der Waals surface area contributed by atoms with Crippen LogP contribution in [0, 0.1) is 17.7 Å². The van der Waals surface area contributed by atoms with Crippen molar-refractivity contribution in [2.24, 2.45) is 0 Å². The minimum absolute atomic E-state index is 0.0649. The molecule has 6 heterocycles. The molecule has 2 aromatic heterocycles. The molecule has 7 rings (SSSR count). The molecular formula is C36H39BrF4N8O3. The maximum absolute atomic E-state index is 15.7. The Morgan fingerprint density at radius 1 is 1.23 bits per heavy atom. The number of hydrogen-bond donors (Lipinski definition) is 1. The van der Waals surface area contributed by atoms with Gasteiger partial charge in [0.15, 0.2) is 11.5 Å². The summed E-state index contributed by atoms with van der Waals surface area (Å²) in [6.07, 6.45) is -3.12. The predicted octanol–water partition coefficient (Wildman–Crippen LogP) is 5.65. The standard InChI is InChI=1S/C36H39BrF4N8O3/c1-5-8-21-13-23(42)30(38)27(28(21)36(39,40)41)26-14-24-22(18-51-26)32(44-34(43-24)52-19-35-9-6-11-48(35)16-20(2)15-35)47-10-7-12-49-25(17-47)29(37)31(45-49)33(50)46(3)4/h13,26H,2,6-7,9-12,14-19,42H2,1,3-4H3/t26-,35+/m1/s1. The van der Waals surface area contributed by atoms with Crippen molar-refractivity contribution in [2.45, 2.75) is 76.5 Å². The minimum Gasteiger partial charge on any atom is -0.461 e. The molecule has 3 aromatic rings. The van der Waals surface area contributed by atoms with E-state index < -0.39 is 40.5 Å². The molecular weight excluding hydrogens is 748 g/mol. The fourth-order valence-corrected chi connectivity index (χ4v) is 8.52. The number of aromatic nitrogens is 4. The molecule has 1 amide bonds. The smallest absolute Gasteiger partial charge is 0.418 e. The molecule has 1 aromatic carbocycles. The van der Waals surface area contributed by atoms with Crippen molar-refractivity contribution in [2.75, 3.05) is 51.0 Å². The van der Waals surface area contributed by atoms with Crippen LogP contribution < -0.4 is 15.4 Å². The summed E-state index contributed by atoms with van der Waals surface area (Å²) < 4.78 is 74.4. The molecule has 0 aliphatic carbocycles. The van der Waals surface area contributed by atoms with Crippen molar-refractivity contribution >= 4 is 33.3 Å². The number of aryl methyl sites for hydroxylation is 1. The number of amides is 1. The van der Waals surface area contributed by atoms with Crippen LogP contribution in [0.5, 0.6) is 6.01 Å². The van der Waals surface area contributed by atoms with Gasteiger partial charge in [0, 0.05) is 56.8 Å². The van der Waals surface area contributed by atoms with Gasteiger partial charge in [-0.05, 0) is 61.1 Å². The zero-order valence-corrected chi connectivity index (χ0v) is 30.8. The molecule has 4 aliphatic rings. The summed E-state index contributed by atoms with van der Waals surface area (Å²) in [6.45, 7) is 8.83. The molecule has 2 fully saturated rings. The maximum atomic E-state index is 15.7. The molecule has 2 saturated heterocycles. The monoisotopic (exact) mass is 786 g/mol. The number of nitrogens with two attached hydrogens (primary N) is 1. The normalized spacial score (nSPS) is 21.6. The molecule has 2 N–H and O–H groups in total. The highest BCUT2D eigenvalue weighted by Gasteiger charge is 2.47. The van der Waals surface area contributed by atoms with Gasteiger partial charge >= 0.3 is 12.2 Å². The molecule has 52 heavy (non-hydrogen) atoms. The van der Waals surface area contributed by atoms with Gasteiger partial charge in [-0.3, -0.25) is 14.4 Å². The number of rotatable bonds is 6. The first-order valence-corrected chi connectivity index (χ1v) is 17.9. The topological polar surface area (TPSA) is 115 Å². The summed E-state index contributed by atoms with van der Waals surface area (Å²) in [5, 5.41) is 4.59. The molecule has 11 nitrogen and oxygen atoms in total. The molecule has 16 heteroatoms. The van der Waals surface area contributed by atoms with Gasteiger partial charge in [-0.2, -0.15) is 28.2 Å². The highest BCUT2D eigenvalue weighted by Crippen LogP contribution is 2.45. The summed E-state index contributed by atoms with van der Waals surface area (Å²) in [7, 11) is 3.31. The number of nitrogen functional groups attached to an aromatic ring is 1. The van der Waals surface area contributed by atoms with Gasteiger partial charge in [0.25, 0.3) is 5.91 Å². The number of benzene rings is 1. The number of hydrogen-bond acceptors (Lipinski definition) is 9. The zero-order chi connectivity index (χ0) is 37.1. The molecule has 4 aliphatic heterocycles. The highest BCUT2D eigenvalue weighted by atomic mass is 79.9. The Hall–Kier alpha value is -4.20. The van der Waals surface area contributed by atoms with E-state index in [0.717, 1.165) is 49.7 Å². The van der Waals surface area contributed by atoms with Gasteiger partial charge < -0.3 is 25.0 Å². The maximum Gasteiger partial charge on any atom is 0.418 e. The van der Waals surface area contributed by atoms with Crippen LogP contribution in [0.3, 0.4) is 0 Å². The molecule has 0 unspecified atom stereocenters. The lowest BCUT2D eigenvalue weighted by Gasteiger charge is -2.33. The minimum atomic E-state index is -4.94. The van der Waals surface area contributed by atoms with Crippen LogP contribution in [0.15, 0.2) is 22.7 Å². The van der Waals surface area contributed by atoms with Crippen molar-refractivity contribution < 1.29 is 31.8 Å². The van der Waals surface area contributed by atoms with Crippen LogP contribution in [-0.4, -0.2) is 81.3 Å². The fraction of sp³-hybridized carbons (Fsp3) is 0.500.